The van der Waals surface area contributed by atoms with E-state index < -0.39 is 0 Å². The van der Waals surface area contributed by atoms with Gasteiger partial charge in [-0.3, -0.25) is 4.79 Å². The minimum absolute atomic E-state index is 0.0501. The van der Waals surface area contributed by atoms with Crippen molar-refractivity contribution in [2.24, 2.45) is 0 Å². The van der Waals surface area contributed by atoms with Gasteiger partial charge in [0.1, 0.15) is 5.75 Å². The van der Waals surface area contributed by atoms with E-state index in [1.165, 1.54) is 0 Å². The van der Waals surface area contributed by atoms with Crippen molar-refractivity contribution in [1.29, 1.82) is 5.26 Å². The Morgan fingerprint density at radius 2 is 1.76 bits per heavy atom. The van der Waals surface area contributed by atoms with Crippen LogP contribution in [-0.4, -0.2) is 12.5 Å². The number of hydrogen-bond acceptors (Lipinski definition) is 3. The number of hydrogen-bond donors (Lipinski definition) is 1. The number of nitrogens with zero attached hydrogens (tertiary/aromatic N) is 1. The Labute approximate surface area is 155 Å². The fourth-order valence-corrected chi connectivity index (χ4v) is 3.46. The molecule has 1 aliphatic rings. The molecule has 1 fully saturated rings. The Balaban J connectivity index is 1.57. The minimum atomic E-state index is -0.354. The third-order valence-electron chi connectivity index (χ3n) is 4.58. The first-order valence-corrected chi connectivity index (χ1v) is 9.11. The molecule has 128 valence electrons. The molecule has 0 radical (unpaired) electrons. The first-order valence-electron chi connectivity index (χ1n) is 8.31. The monoisotopic (exact) mass is 398 g/mol. The third kappa shape index (κ3) is 4.21. The topological polar surface area (TPSA) is 62.1 Å². The lowest BCUT2D eigenvalue weighted by molar-refractivity contribution is -0.118. The molecule has 0 atom stereocenters. The molecule has 0 saturated heterocycles. The summed E-state index contributed by atoms with van der Waals surface area (Å²) in [7, 11) is 0. The van der Waals surface area contributed by atoms with Gasteiger partial charge in [0.25, 0.3) is 5.91 Å². The van der Waals surface area contributed by atoms with E-state index in [0.717, 1.165) is 35.7 Å². The summed E-state index contributed by atoms with van der Waals surface area (Å²) < 4.78 is 6.42. The number of carbonyl (C=O) groups is 1. The number of rotatable bonds is 5. The molecule has 0 aromatic heterocycles. The number of benzene rings is 2. The van der Waals surface area contributed by atoms with Gasteiger partial charge in [-0.1, -0.05) is 40.9 Å². The smallest absolute Gasteiger partial charge is 0.262 e. The van der Waals surface area contributed by atoms with Gasteiger partial charge >= 0.3 is 0 Å². The van der Waals surface area contributed by atoms with Crippen LogP contribution in [0.25, 0.3) is 0 Å². The molecule has 5 heteroatoms. The van der Waals surface area contributed by atoms with Crippen LogP contribution in [0.4, 0.5) is 5.69 Å². The van der Waals surface area contributed by atoms with Crippen LogP contribution in [-0.2, 0) is 10.2 Å². The van der Waals surface area contributed by atoms with E-state index in [9.17, 15) is 10.1 Å². The van der Waals surface area contributed by atoms with Gasteiger partial charge in [0.2, 0.25) is 0 Å². The van der Waals surface area contributed by atoms with Crippen molar-refractivity contribution in [1.82, 2.24) is 0 Å². The maximum Gasteiger partial charge on any atom is 0.262 e. The molecule has 1 saturated carbocycles. The lowest BCUT2D eigenvalue weighted by atomic mass is 9.80. The summed E-state index contributed by atoms with van der Waals surface area (Å²) in [4.78, 5) is 12.0. The van der Waals surface area contributed by atoms with E-state index in [1.807, 2.05) is 36.4 Å². The largest absolute Gasteiger partial charge is 0.484 e. The van der Waals surface area contributed by atoms with Gasteiger partial charge in [0.05, 0.1) is 11.5 Å². The van der Waals surface area contributed by atoms with E-state index in [0.29, 0.717) is 11.4 Å². The molecule has 3 rings (SSSR count). The molecule has 4 nitrogen and oxygen atoms in total. The molecule has 0 spiro atoms. The first kappa shape index (κ1) is 17.5. The molecule has 25 heavy (non-hydrogen) atoms. The predicted molar refractivity (Wildman–Crippen MR) is 100 cm³/mol. The zero-order chi connectivity index (χ0) is 17.7. The average molecular weight is 399 g/mol. The molecular weight excluding hydrogens is 380 g/mol. The number of nitrogens with one attached hydrogen (secondary N) is 1. The second-order valence-electron chi connectivity index (χ2n) is 6.27. The van der Waals surface area contributed by atoms with Crippen LogP contribution in [0, 0.1) is 11.3 Å². The van der Waals surface area contributed by atoms with Gasteiger partial charge in [-0.2, -0.15) is 5.26 Å². The first-order chi connectivity index (χ1) is 12.1. The van der Waals surface area contributed by atoms with Crippen LogP contribution in [0.15, 0.2) is 53.0 Å². The Morgan fingerprint density at radius 1 is 1.12 bits per heavy atom. The van der Waals surface area contributed by atoms with Crippen molar-refractivity contribution >= 4 is 27.5 Å². The van der Waals surface area contributed by atoms with Crippen LogP contribution in [0.5, 0.6) is 5.75 Å². The number of halogens is 1. The number of carbonyl (C=O) groups excluding carboxylic acids is 1. The molecule has 0 aliphatic heterocycles. The van der Waals surface area contributed by atoms with Crippen molar-refractivity contribution in [2.75, 3.05) is 11.9 Å². The highest BCUT2D eigenvalue weighted by Gasteiger charge is 2.35. The Morgan fingerprint density at radius 3 is 2.36 bits per heavy atom. The fraction of sp³-hybridized carbons (Fsp3) is 0.300. The van der Waals surface area contributed by atoms with Crippen LogP contribution in [0.2, 0.25) is 0 Å². The van der Waals surface area contributed by atoms with Gasteiger partial charge < -0.3 is 10.1 Å². The zero-order valence-corrected chi connectivity index (χ0v) is 15.4. The van der Waals surface area contributed by atoms with Crippen LogP contribution < -0.4 is 10.1 Å². The second-order valence-corrected chi connectivity index (χ2v) is 7.18. The number of anilines is 1. The van der Waals surface area contributed by atoms with Gasteiger partial charge in [0.15, 0.2) is 6.61 Å². The second kappa shape index (κ2) is 7.71. The van der Waals surface area contributed by atoms with Crippen molar-refractivity contribution in [3.8, 4) is 11.8 Å². The van der Waals surface area contributed by atoms with Gasteiger partial charge in [-0.25, -0.2) is 0 Å². The summed E-state index contributed by atoms with van der Waals surface area (Å²) in [6, 6.07) is 17.4. The van der Waals surface area contributed by atoms with E-state index >= 15 is 0 Å². The Kier molecular flexibility index (Phi) is 5.40. The summed E-state index contributed by atoms with van der Waals surface area (Å²) in [5.74, 6) is 0.428. The van der Waals surface area contributed by atoms with E-state index in [-0.39, 0.29) is 17.9 Å². The summed E-state index contributed by atoms with van der Waals surface area (Å²) >= 11 is 3.35. The molecule has 1 amide bonds. The van der Waals surface area contributed by atoms with Crippen LogP contribution >= 0.6 is 15.9 Å². The molecule has 0 unspecified atom stereocenters. The zero-order valence-electron chi connectivity index (χ0n) is 13.8. The van der Waals surface area contributed by atoms with E-state index in [4.69, 9.17) is 4.74 Å². The normalized spacial score (nSPS) is 15.4. The van der Waals surface area contributed by atoms with Gasteiger partial charge in [-0.05, 0) is 54.8 Å². The summed E-state index contributed by atoms with van der Waals surface area (Å²) in [6.45, 7) is -0.0501. The molecule has 0 bridgehead atoms. The molecular formula is C20H19BrN2O2. The minimum Gasteiger partial charge on any atom is -0.484 e. The predicted octanol–water partition coefficient (Wildman–Crippen LogP) is 4.80. The maximum absolute atomic E-state index is 12.0. The molecule has 0 heterocycles. The highest BCUT2D eigenvalue weighted by molar-refractivity contribution is 9.10. The van der Waals surface area contributed by atoms with Crippen molar-refractivity contribution in [3.05, 3.63) is 58.6 Å². The van der Waals surface area contributed by atoms with Gasteiger partial charge in [0, 0.05) is 10.2 Å². The highest BCUT2D eigenvalue weighted by Crippen LogP contribution is 2.40. The average Bonchev–Trinajstić information content (AvgIpc) is 3.12. The SMILES string of the molecule is N#CC1(c2ccc(NC(=O)COc3ccc(Br)cc3)cc2)CCCC1. The van der Waals surface area contributed by atoms with E-state index in [2.05, 4.69) is 27.3 Å². The molecule has 2 aromatic carbocycles. The highest BCUT2D eigenvalue weighted by atomic mass is 79.9. The summed E-state index contributed by atoms with van der Waals surface area (Å²) in [6.07, 6.45) is 4.02. The number of amides is 1. The summed E-state index contributed by atoms with van der Waals surface area (Å²) in [5, 5.41) is 12.4. The van der Waals surface area contributed by atoms with Crippen LogP contribution in [0.3, 0.4) is 0 Å². The van der Waals surface area contributed by atoms with Crippen molar-refractivity contribution < 1.29 is 9.53 Å². The Hall–Kier alpha value is -2.32. The van der Waals surface area contributed by atoms with E-state index in [1.54, 1.807) is 12.1 Å². The molecule has 1 N–H and O–H groups in total. The molecule has 2 aromatic rings. The Bertz CT molecular complexity index is 773. The van der Waals surface area contributed by atoms with Crippen molar-refractivity contribution in [2.45, 2.75) is 31.1 Å². The fourth-order valence-electron chi connectivity index (χ4n) is 3.19. The standard InChI is InChI=1S/C20H19BrN2O2/c21-16-5-9-18(10-6-16)25-13-19(24)23-17-7-3-15(4-8-17)20(14-22)11-1-2-12-20/h3-10H,1-2,11-13H2,(H,23,24). The quantitative estimate of drug-likeness (QED) is 0.786. The third-order valence-corrected chi connectivity index (χ3v) is 5.10. The lowest BCUT2D eigenvalue weighted by Gasteiger charge is -2.21. The number of nitriles is 1. The summed E-state index contributed by atoms with van der Waals surface area (Å²) in [5.41, 5.74) is 1.39. The lowest BCUT2D eigenvalue weighted by Crippen LogP contribution is -2.21. The maximum atomic E-state index is 12.0. The van der Waals surface area contributed by atoms with Crippen molar-refractivity contribution in [3.63, 3.8) is 0 Å². The van der Waals surface area contributed by atoms with Crippen LogP contribution in [0.1, 0.15) is 31.2 Å². The number of ether oxygens (including phenoxy) is 1. The molecule has 1 aliphatic carbocycles. The van der Waals surface area contributed by atoms with Gasteiger partial charge in [-0.15, -0.1) is 0 Å².